The molecule has 6 nitrogen and oxygen atoms in total. The van der Waals surface area contributed by atoms with Crippen LogP contribution in [-0.2, 0) is 20.8 Å². The summed E-state index contributed by atoms with van der Waals surface area (Å²) in [7, 11) is 0. The van der Waals surface area contributed by atoms with E-state index in [0.717, 1.165) is 36.9 Å². The molecule has 0 spiro atoms. The number of fused-ring (bicyclic) bond motifs is 1. The molecule has 0 bridgehead atoms. The molecule has 0 aliphatic carbocycles. The number of nitrogens with zero attached hydrogens (tertiary/aromatic N) is 1. The first-order chi connectivity index (χ1) is 11.6. The highest BCUT2D eigenvalue weighted by molar-refractivity contribution is 6.39. The summed E-state index contributed by atoms with van der Waals surface area (Å²) in [6.07, 6.45) is 6.43. The largest absolute Gasteiger partial charge is 0.334 e. The van der Waals surface area contributed by atoms with Gasteiger partial charge in [0, 0.05) is 30.9 Å². The van der Waals surface area contributed by atoms with Gasteiger partial charge in [0.2, 0.25) is 5.91 Å². The molecule has 1 aromatic carbocycles. The van der Waals surface area contributed by atoms with Gasteiger partial charge in [0.25, 0.3) is 0 Å². The summed E-state index contributed by atoms with van der Waals surface area (Å²) in [5, 5.41) is 5.49. The van der Waals surface area contributed by atoms with Crippen LogP contribution in [0.5, 0.6) is 0 Å². The van der Waals surface area contributed by atoms with E-state index in [-0.39, 0.29) is 5.91 Å². The van der Waals surface area contributed by atoms with Gasteiger partial charge in [-0.15, -0.1) is 0 Å². The van der Waals surface area contributed by atoms with Crippen molar-refractivity contribution in [1.82, 2.24) is 4.90 Å². The van der Waals surface area contributed by atoms with Crippen molar-refractivity contribution in [3.8, 4) is 0 Å². The number of hydrogen-bond acceptors (Lipinski definition) is 3. The maximum absolute atomic E-state index is 12.4. The van der Waals surface area contributed by atoms with Crippen molar-refractivity contribution in [1.29, 1.82) is 0 Å². The number of rotatable bonds is 1. The number of likely N-dealkylation sites (tertiary alicyclic amines) is 1. The number of amides is 3. The van der Waals surface area contributed by atoms with Crippen LogP contribution in [0.15, 0.2) is 18.2 Å². The van der Waals surface area contributed by atoms with Crippen LogP contribution in [0.25, 0.3) is 0 Å². The molecule has 1 aromatic rings. The van der Waals surface area contributed by atoms with E-state index in [0.29, 0.717) is 31.6 Å². The van der Waals surface area contributed by atoms with E-state index in [1.807, 2.05) is 6.07 Å². The van der Waals surface area contributed by atoms with Gasteiger partial charge in [-0.25, -0.2) is 0 Å². The zero-order chi connectivity index (χ0) is 16.9. The molecule has 3 amide bonds. The number of aryl methyl sites for hydroxylation is 1. The first-order valence-electron chi connectivity index (χ1n) is 8.66. The number of nitrogens with one attached hydrogen (secondary N) is 2. The summed E-state index contributed by atoms with van der Waals surface area (Å²) in [5.74, 6) is -1.04. The Morgan fingerprint density at radius 2 is 1.71 bits per heavy atom. The fraction of sp³-hybridized carbons (Fsp3) is 0.500. The molecule has 2 heterocycles. The maximum atomic E-state index is 12.4. The molecule has 0 saturated carbocycles. The summed E-state index contributed by atoms with van der Waals surface area (Å²) in [6.45, 7) is 1.31. The maximum Gasteiger partial charge on any atom is 0.313 e. The van der Waals surface area contributed by atoms with Crippen LogP contribution in [0.4, 0.5) is 11.4 Å². The molecule has 0 radical (unpaired) electrons. The quantitative estimate of drug-likeness (QED) is 0.776. The Hall–Kier alpha value is -2.37. The monoisotopic (exact) mass is 329 g/mol. The highest BCUT2D eigenvalue weighted by Crippen LogP contribution is 2.25. The van der Waals surface area contributed by atoms with E-state index < -0.39 is 11.8 Å². The van der Waals surface area contributed by atoms with Crippen LogP contribution in [0.1, 0.15) is 44.1 Å². The highest BCUT2D eigenvalue weighted by atomic mass is 16.2. The van der Waals surface area contributed by atoms with Gasteiger partial charge < -0.3 is 15.5 Å². The third kappa shape index (κ3) is 3.93. The lowest BCUT2D eigenvalue weighted by Gasteiger charge is -2.24. The standard InChI is InChI=1S/C18H23N3O3/c22-16-9-6-13-12-14(7-8-15(13)20-16)19-17(23)18(24)21-10-4-2-1-3-5-11-21/h7-8,12H,1-6,9-11H2,(H,19,23)(H,20,22). The molecule has 1 saturated heterocycles. The molecule has 2 aliphatic rings. The Morgan fingerprint density at radius 3 is 2.46 bits per heavy atom. The van der Waals surface area contributed by atoms with Crippen molar-refractivity contribution in [2.24, 2.45) is 0 Å². The molecule has 0 unspecified atom stereocenters. The number of benzene rings is 1. The second-order valence-corrected chi connectivity index (χ2v) is 6.43. The number of hydrogen-bond donors (Lipinski definition) is 2. The van der Waals surface area contributed by atoms with E-state index in [4.69, 9.17) is 0 Å². The van der Waals surface area contributed by atoms with Crippen molar-refractivity contribution in [3.05, 3.63) is 23.8 Å². The van der Waals surface area contributed by atoms with Gasteiger partial charge in [-0.2, -0.15) is 0 Å². The van der Waals surface area contributed by atoms with Crippen LogP contribution in [0, 0.1) is 0 Å². The van der Waals surface area contributed by atoms with Crippen LogP contribution < -0.4 is 10.6 Å². The SMILES string of the molecule is O=C1CCc2cc(NC(=O)C(=O)N3CCCCCCC3)ccc2N1. The van der Waals surface area contributed by atoms with Gasteiger partial charge in [0.05, 0.1) is 0 Å². The molecule has 1 fully saturated rings. The fourth-order valence-corrected chi connectivity index (χ4v) is 3.24. The predicted octanol–water partition coefficient (Wildman–Crippen LogP) is 2.30. The molecule has 2 N–H and O–H groups in total. The molecular formula is C18H23N3O3. The third-order valence-electron chi connectivity index (χ3n) is 4.60. The second-order valence-electron chi connectivity index (χ2n) is 6.43. The van der Waals surface area contributed by atoms with Crippen molar-refractivity contribution < 1.29 is 14.4 Å². The highest BCUT2D eigenvalue weighted by Gasteiger charge is 2.23. The normalized spacial score (nSPS) is 18.0. The summed E-state index contributed by atoms with van der Waals surface area (Å²) >= 11 is 0. The van der Waals surface area contributed by atoms with Crippen LogP contribution in [0.2, 0.25) is 0 Å². The number of carbonyl (C=O) groups excluding carboxylic acids is 3. The summed E-state index contributed by atoms with van der Waals surface area (Å²) in [6, 6.07) is 5.30. The summed E-state index contributed by atoms with van der Waals surface area (Å²) in [4.78, 5) is 37.6. The smallest absolute Gasteiger partial charge is 0.313 e. The van der Waals surface area contributed by atoms with Gasteiger partial charge >= 0.3 is 11.8 Å². The van der Waals surface area contributed by atoms with Gasteiger partial charge in [-0.05, 0) is 43.0 Å². The molecule has 0 aromatic heterocycles. The van der Waals surface area contributed by atoms with Crippen molar-refractivity contribution in [2.75, 3.05) is 23.7 Å². The van der Waals surface area contributed by atoms with Gasteiger partial charge in [0.15, 0.2) is 0 Å². The van der Waals surface area contributed by atoms with Crippen molar-refractivity contribution >= 4 is 29.1 Å². The van der Waals surface area contributed by atoms with E-state index >= 15 is 0 Å². The minimum Gasteiger partial charge on any atom is -0.334 e. The Labute approximate surface area is 141 Å². The molecule has 6 heteroatoms. The fourth-order valence-electron chi connectivity index (χ4n) is 3.24. The van der Waals surface area contributed by atoms with E-state index in [9.17, 15) is 14.4 Å². The van der Waals surface area contributed by atoms with Crippen molar-refractivity contribution in [3.63, 3.8) is 0 Å². The molecule has 128 valence electrons. The zero-order valence-electron chi connectivity index (χ0n) is 13.8. The van der Waals surface area contributed by atoms with Crippen LogP contribution >= 0.6 is 0 Å². The van der Waals surface area contributed by atoms with E-state index in [1.165, 1.54) is 6.42 Å². The number of carbonyl (C=O) groups is 3. The van der Waals surface area contributed by atoms with Crippen LogP contribution in [-0.4, -0.2) is 35.7 Å². The molecular weight excluding hydrogens is 306 g/mol. The lowest BCUT2D eigenvalue weighted by Crippen LogP contribution is -2.41. The van der Waals surface area contributed by atoms with Gasteiger partial charge in [-0.3, -0.25) is 14.4 Å². The lowest BCUT2D eigenvalue weighted by atomic mass is 10.0. The minimum atomic E-state index is -0.588. The van der Waals surface area contributed by atoms with Crippen molar-refractivity contribution in [2.45, 2.75) is 44.9 Å². The summed E-state index contributed by atoms with van der Waals surface area (Å²) < 4.78 is 0. The van der Waals surface area contributed by atoms with Gasteiger partial charge in [0.1, 0.15) is 0 Å². The topological polar surface area (TPSA) is 78.5 Å². The first-order valence-corrected chi connectivity index (χ1v) is 8.66. The average Bonchev–Trinajstić information content (AvgIpc) is 2.54. The van der Waals surface area contributed by atoms with Crippen LogP contribution in [0.3, 0.4) is 0 Å². The minimum absolute atomic E-state index is 0.00606. The van der Waals surface area contributed by atoms with E-state index in [2.05, 4.69) is 10.6 Å². The Kier molecular flexibility index (Phi) is 5.13. The lowest BCUT2D eigenvalue weighted by molar-refractivity contribution is -0.143. The predicted molar refractivity (Wildman–Crippen MR) is 91.7 cm³/mol. The molecule has 2 aliphatic heterocycles. The number of anilines is 2. The molecule has 3 rings (SSSR count). The first kappa shape index (κ1) is 16.5. The molecule has 24 heavy (non-hydrogen) atoms. The van der Waals surface area contributed by atoms with Gasteiger partial charge in [-0.1, -0.05) is 19.3 Å². The zero-order valence-corrected chi connectivity index (χ0v) is 13.8. The Bertz CT molecular complexity index is 649. The van der Waals surface area contributed by atoms with E-state index in [1.54, 1.807) is 17.0 Å². The molecule has 0 atom stereocenters. The average molecular weight is 329 g/mol. The Balaban J connectivity index is 1.63. The third-order valence-corrected chi connectivity index (χ3v) is 4.60. The summed E-state index contributed by atoms with van der Waals surface area (Å²) in [5.41, 5.74) is 2.35. The second kappa shape index (κ2) is 7.47. The Morgan fingerprint density at radius 1 is 1.00 bits per heavy atom.